The summed E-state index contributed by atoms with van der Waals surface area (Å²) in [4.78, 5) is 10.8. The van der Waals surface area contributed by atoms with Gasteiger partial charge in [-0.1, -0.05) is 39.5 Å². The molecule has 0 spiro atoms. The van der Waals surface area contributed by atoms with Crippen LogP contribution in [-0.2, 0) is 9.53 Å². The zero-order valence-electron chi connectivity index (χ0n) is 10.1. The van der Waals surface area contributed by atoms with Crippen LogP contribution in [0.15, 0.2) is 0 Å². The van der Waals surface area contributed by atoms with Crippen LogP contribution in [0.4, 0.5) is 0 Å². The number of ether oxygens (including phenoxy) is 1. The monoisotopic (exact) mass is 212 g/mol. The van der Waals surface area contributed by atoms with E-state index < -0.39 is 0 Å². The molecule has 0 aromatic carbocycles. The second kappa shape index (κ2) is 6.86. The molecule has 0 radical (unpaired) electrons. The van der Waals surface area contributed by atoms with E-state index >= 15 is 0 Å². The lowest BCUT2D eigenvalue weighted by Crippen LogP contribution is -2.06. The van der Waals surface area contributed by atoms with Gasteiger partial charge < -0.3 is 4.74 Å². The van der Waals surface area contributed by atoms with Gasteiger partial charge in [0.25, 0.3) is 0 Å². The van der Waals surface area contributed by atoms with Gasteiger partial charge in [0, 0.05) is 6.42 Å². The Bertz CT molecular complexity index is 187. The van der Waals surface area contributed by atoms with Crippen LogP contribution < -0.4 is 0 Å². The number of rotatable bonds is 7. The van der Waals surface area contributed by atoms with E-state index in [2.05, 4.69) is 13.8 Å². The molecule has 0 bridgehead atoms. The maximum atomic E-state index is 10.8. The topological polar surface area (TPSA) is 26.3 Å². The molecule has 0 aromatic rings. The van der Waals surface area contributed by atoms with Crippen molar-refractivity contribution in [1.82, 2.24) is 0 Å². The maximum absolute atomic E-state index is 10.8. The Morgan fingerprint density at radius 1 is 1.27 bits per heavy atom. The molecule has 2 nitrogen and oxygen atoms in total. The third kappa shape index (κ3) is 5.81. The van der Waals surface area contributed by atoms with E-state index in [0.717, 1.165) is 18.8 Å². The van der Waals surface area contributed by atoms with Crippen molar-refractivity contribution in [1.29, 1.82) is 0 Å². The number of hydrogen-bond acceptors (Lipinski definition) is 2. The number of carbonyl (C=O) groups is 1. The Hall–Kier alpha value is -0.530. The minimum absolute atomic E-state index is 0.000178. The molecule has 2 heteroatoms. The van der Waals surface area contributed by atoms with Crippen LogP contribution in [0.3, 0.4) is 0 Å². The molecule has 1 aliphatic heterocycles. The number of esters is 1. The Morgan fingerprint density at radius 3 is 2.60 bits per heavy atom. The van der Waals surface area contributed by atoms with Gasteiger partial charge >= 0.3 is 5.97 Å². The summed E-state index contributed by atoms with van der Waals surface area (Å²) in [6.07, 6.45) is 9.44. The van der Waals surface area contributed by atoms with Crippen LogP contribution in [0.5, 0.6) is 0 Å². The van der Waals surface area contributed by atoms with Gasteiger partial charge in [-0.3, -0.25) is 4.79 Å². The van der Waals surface area contributed by atoms with E-state index in [1.807, 2.05) is 0 Å². The maximum Gasteiger partial charge on any atom is 0.306 e. The average Bonchev–Trinajstić information content (AvgIpc) is 2.57. The first-order chi connectivity index (χ1) is 7.18. The Balaban J connectivity index is 1.87. The minimum Gasteiger partial charge on any atom is -0.462 e. The van der Waals surface area contributed by atoms with Crippen molar-refractivity contribution >= 4 is 5.97 Å². The van der Waals surface area contributed by atoms with Crippen molar-refractivity contribution in [3.63, 3.8) is 0 Å². The summed E-state index contributed by atoms with van der Waals surface area (Å²) in [6.45, 7) is 4.55. The fraction of sp³-hybridized carbons (Fsp3) is 0.923. The minimum atomic E-state index is -0.000178. The summed E-state index contributed by atoms with van der Waals surface area (Å²) < 4.78 is 5.17. The van der Waals surface area contributed by atoms with Crippen molar-refractivity contribution in [3.8, 4) is 0 Å². The summed E-state index contributed by atoms with van der Waals surface area (Å²) in [7, 11) is 0. The van der Waals surface area contributed by atoms with Crippen molar-refractivity contribution in [2.24, 2.45) is 5.92 Å². The summed E-state index contributed by atoms with van der Waals surface area (Å²) in [5.74, 6) is 0.834. The van der Waals surface area contributed by atoms with Crippen LogP contribution in [0.1, 0.15) is 65.2 Å². The highest BCUT2D eigenvalue weighted by atomic mass is 16.5. The highest BCUT2D eigenvalue weighted by molar-refractivity contribution is 5.71. The molecule has 0 amide bonds. The van der Waals surface area contributed by atoms with Crippen LogP contribution in [0, 0.1) is 5.92 Å². The van der Waals surface area contributed by atoms with E-state index in [4.69, 9.17) is 4.74 Å². The standard InChI is InChI=1S/C13H24O2/c1-11(2)7-5-3-4-6-8-12-9-10-13(14)15-12/h11-12H,3-10H2,1-2H3. The van der Waals surface area contributed by atoms with Crippen LogP contribution in [-0.4, -0.2) is 12.1 Å². The molecule has 15 heavy (non-hydrogen) atoms. The quantitative estimate of drug-likeness (QED) is 0.475. The molecule has 1 saturated heterocycles. The molecule has 1 aliphatic rings. The molecule has 0 aromatic heterocycles. The van der Waals surface area contributed by atoms with Gasteiger partial charge in [-0.15, -0.1) is 0 Å². The lowest BCUT2D eigenvalue weighted by molar-refractivity contribution is -0.141. The van der Waals surface area contributed by atoms with Gasteiger partial charge in [0.15, 0.2) is 0 Å². The third-order valence-corrected chi connectivity index (χ3v) is 3.03. The first-order valence-electron chi connectivity index (χ1n) is 6.38. The first kappa shape index (κ1) is 12.5. The van der Waals surface area contributed by atoms with Gasteiger partial charge in [0.1, 0.15) is 6.10 Å². The second-order valence-corrected chi connectivity index (χ2v) is 5.04. The predicted octanol–water partition coefficient (Wildman–Crippen LogP) is 3.69. The largest absolute Gasteiger partial charge is 0.462 e. The molecule has 1 atom stereocenters. The smallest absolute Gasteiger partial charge is 0.306 e. The van der Waals surface area contributed by atoms with Gasteiger partial charge in [-0.05, 0) is 25.2 Å². The second-order valence-electron chi connectivity index (χ2n) is 5.04. The van der Waals surface area contributed by atoms with Crippen LogP contribution in [0.2, 0.25) is 0 Å². The average molecular weight is 212 g/mol. The lowest BCUT2D eigenvalue weighted by Gasteiger charge is -2.08. The molecule has 1 heterocycles. The van der Waals surface area contributed by atoms with Gasteiger partial charge in [0.05, 0.1) is 0 Å². The molecular weight excluding hydrogens is 188 g/mol. The summed E-state index contributed by atoms with van der Waals surface area (Å²) in [6, 6.07) is 0. The van der Waals surface area contributed by atoms with Crippen LogP contribution >= 0.6 is 0 Å². The normalized spacial score (nSPS) is 21.0. The first-order valence-corrected chi connectivity index (χ1v) is 6.38. The number of unbranched alkanes of at least 4 members (excludes halogenated alkanes) is 3. The van der Waals surface area contributed by atoms with Crippen molar-refractivity contribution in [3.05, 3.63) is 0 Å². The van der Waals surface area contributed by atoms with Crippen molar-refractivity contribution < 1.29 is 9.53 Å². The Kier molecular flexibility index (Phi) is 5.74. The van der Waals surface area contributed by atoms with E-state index in [1.54, 1.807) is 0 Å². The molecule has 1 fully saturated rings. The molecule has 0 aliphatic carbocycles. The van der Waals surface area contributed by atoms with E-state index in [-0.39, 0.29) is 12.1 Å². The predicted molar refractivity (Wildman–Crippen MR) is 61.7 cm³/mol. The molecule has 1 rings (SSSR count). The molecule has 0 N–H and O–H groups in total. The van der Waals surface area contributed by atoms with Gasteiger partial charge in [-0.25, -0.2) is 0 Å². The molecule has 88 valence electrons. The molecule has 1 unspecified atom stereocenters. The van der Waals surface area contributed by atoms with Crippen LogP contribution in [0.25, 0.3) is 0 Å². The zero-order chi connectivity index (χ0) is 11.1. The van der Waals surface area contributed by atoms with E-state index in [0.29, 0.717) is 6.42 Å². The number of cyclic esters (lactones) is 1. The highest BCUT2D eigenvalue weighted by Gasteiger charge is 2.22. The van der Waals surface area contributed by atoms with Gasteiger partial charge in [-0.2, -0.15) is 0 Å². The van der Waals surface area contributed by atoms with E-state index in [1.165, 1.54) is 32.1 Å². The van der Waals surface area contributed by atoms with Crippen molar-refractivity contribution in [2.45, 2.75) is 71.3 Å². The fourth-order valence-electron chi connectivity index (χ4n) is 2.06. The Morgan fingerprint density at radius 2 is 2.00 bits per heavy atom. The number of hydrogen-bond donors (Lipinski definition) is 0. The summed E-state index contributed by atoms with van der Waals surface area (Å²) >= 11 is 0. The molecular formula is C13H24O2. The fourth-order valence-corrected chi connectivity index (χ4v) is 2.06. The molecule has 0 saturated carbocycles. The van der Waals surface area contributed by atoms with E-state index in [9.17, 15) is 4.79 Å². The van der Waals surface area contributed by atoms with Crippen molar-refractivity contribution in [2.75, 3.05) is 0 Å². The third-order valence-electron chi connectivity index (χ3n) is 3.03. The zero-order valence-corrected chi connectivity index (χ0v) is 10.1. The SMILES string of the molecule is CC(C)CCCCCCC1CCC(=O)O1. The summed E-state index contributed by atoms with van der Waals surface area (Å²) in [5, 5.41) is 0. The Labute approximate surface area is 93.4 Å². The lowest BCUT2D eigenvalue weighted by atomic mass is 10.0. The highest BCUT2D eigenvalue weighted by Crippen LogP contribution is 2.20. The summed E-state index contributed by atoms with van der Waals surface area (Å²) in [5.41, 5.74) is 0. The van der Waals surface area contributed by atoms with Gasteiger partial charge in [0.2, 0.25) is 0 Å². The number of carbonyl (C=O) groups excluding carboxylic acids is 1.